The van der Waals surface area contributed by atoms with E-state index < -0.39 is 0 Å². The third-order valence-corrected chi connectivity index (χ3v) is 6.01. The Kier molecular flexibility index (Phi) is 9.63. The number of hydrogen-bond acceptors (Lipinski definition) is 2. The van der Waals surface area contributed by atoms with Gasteiger partial charge >= 0.3 is 0 Å². The van der Waals surface area contributed by atoms with Crippen molar-refractivity contribution < 1.29 is 4.74 Å². The summed E-state index contributed by atoms with van der Waals surface area (Å²) >= 11 is 1.74. The smallest absolute Gasteiger partial charge is 0.165 e. The number of methoxy groups -OCH3 is 1. The number of benzene rings is 1. The van der Waals surface area contributed by atoms with Crippen LogP contribution in [0.2, 0.25) is 0 Å². The molecule has 0 atom stereocenters. The number of aryl methyl sites for hydroxylation is 1. The lowest BCUT2D eigenvalue weighted by Gasteiger charge is -2.15. The van der Waals surface area contributed by atoms with Crippen molar-refractivity contribution in [2.75, 3.05) is 7.11 Å². The van der Waals surface area contributed by atoms with E-state index in [4.69, 9.17) is 4.74 Å². The molecular formula is C29H34OS. The molecule has 0 radical (unpaired) electrons. The fourth-order valence-electron chi connectivity index (χ4n) is 3.45. The highest BCUT2D eigenvalue weighted by Crippen LogP contribution is 2.36. The molecule has 2 heteroatoms. The van der Waals surface area contributed by atoms with Crippen molar-refractivity contribution in [2.24, 2.45) is 0 Å². The first-order valence-electron chi connectivity index (χ1n) is 11.0. The summed E-state index contributed by atoms with van der Waals surface area (Å²) in [6, 6.07) is 11.1. The number of fused-ring (bicyclic) bond motifs is 1. The second-order valence-corrected chi connectivity index (χ2v) is 8.44. The average molecular weight is 431 g/mol. The second kappa shape index (κ2) is 12.2. The molecule has 0 amide bonds. The number of allylic oxidation sites excluding steroid dienone is 6. The lowest BCUT2D eigenvalue weighted by molar-refractivity contribution is 0.310. The Balaban J connectivity index is 0.00000166. The zero-order valence-electron chi connectivity index (χ0n) is 19.9. The van der Waals surface area contributed by atoms with E-state index in [9.17, 15) is 0 Å². The van der Waals surface area contributed by atoms with E-state index in [1.807, 2.05) is 26.8 Å². The zero-order valence-corrected chi connectivity index (χ0v) is 20.7. The molecule has 1 nitrogen and oxygen atoms in total. The molecule has 2 aromatic rings. The van der Waals surface area contributed by atoms with Crippen LogP contribution in [-0.4, -0.2) is 7.11 Å². The first-order chi connectivity index (χ1) is 15.0. The van der Waals surface area contributed by atoms with Gasteiger partial charge in [0.05, 0.1) is 12.0 Å². The summed E-state index contributed by atoms with van der Waals surface area (Å²) in [6.07, 6.45) is 10.9. The molecule has 0 saturated heterocycles. The van der Waals surface area contributed by atoms with Gasteiger partial charge in [-0.25, -0.2) is 0 Å². The summed E-state index contributed by atoms with van der Waals surface area (Å²) in [6.45, 7) is 12.5. The van der Waals surface area contributed by atoms with Crippen LogP contribution in [0.3, 0.4) is 0 Å². The lowest BCUT2D eigenvalue weighted by atomic mass is 9.90. The van der Waals surface area contributed by atoms with E-state index in [1.165, 1.54) is 38.3 Å². The first kappa shape index (κ1) is 24.5. The fourth-order valence-corrected chi connectivity index (χ4v) is 4.43. The van der Waals surface area contributed by atoms with Crippen molar-refractivity contribution in [3.63, 3.8) is 0 Å². The van der Waals surface area contributed by atoms with E-state index in [0.717, 1.165) is 17.7 Å². The first-order valence-corrected chi connectivity index (χ1v) is 11.8. The Labute approximate surface area is 192 Å². The highest BCUT2D eigenvalue weighted by molar-refractivity contribution is 7.13. The normalized spacial score (nSPS) is 18.9. The van der Waals surface area contributed by atoms with E-state index in [1.54, 1.807) is 18.4 Å². The van der Waals surface area contributed by atoms with Crippen LogP contribution in [0.5, 0.6) is 0 Å². The molecule has 0 spiro atoms. The van der Waals surface area contributed by atoms with E-state index in [-0.39, 0.29) is 0 Å². The molecule has 1 aromatic carbocycles. The van der Waals surface area contributed by atoms with Gasteiger partial charge in [-0.15, -0.1) is 11.3 Å². The SMILES string of the molecule is C/C=C(/C#Cc1ccc(/C2=C(C)\C=C/CC/C(C)=C/c3ccc(C)cc32)s1)OC.CC. The summed E-state index contributed by atoms with van der Waals surface area (Å²) in [7, 11) is 1.65. The van der Waals surface area contributed by atoms with Gasteiger partial charge in [0.1, 0.15) is 0 Å². The predicted octanol–water partition coefficient (Wildman–Crippen LogP) is 8.56. The van der Waals surface area contributed by atoms with Gasteiger partial charge in [0.2, 0.25) is 0 Å². The molecule has 162 valence electrons. The molecule has 31 heavy (non-hydrogen) atoms. The van der Waals surface area contributed by atoms with Gasteiger partial charge in [0.15, 0.2) is 5.76 Å². The summed E-state index contributed by atoms with van der Waals surface area (Å²) in [5.41, 5.74) is 7.85. The van der Waals surface area contributed by atoms with Crippen molar-refractivity contribution in [3.05, 3.63) is 91.9 Å². The highest BCUT2D eigenvalue weighted by atomic mass is 32.1. The minimum absolute atomic E-state index is 0.693. The molecule has 3 rings (SSSR count). The molecule has 1 aliphatic carbocycles. The van der Waals surface area contributed by atoms with Gasteiger partial charge in [-0.05, 0) is 87.3 Å². The Bertz CT molecular complexity index is 1080. The predicted molar refractivity (Wildman–Crippen MR) is 138 cm³/mol. The molecule has 0 aliphatic heterocycles. The number of ether oxygens (including phenoxy) is 1. The van der Waals surface area contributed by atoms with Gasteiger partial charge in [0.25, 0.3) is 0 Å². The molecule has 0 saturated carbocycles. The second-order valence-electron chi connectivity index (χ2n) is 7.35. The maximum absolute atomic E-state index is 5.25. The Morgan fingerprint density at radius 2 is 1.87 bits per heavy atom. The van der Waals surface area contributed by atoms with Gasteiger partial charge in [0, 0.05) is 10.5 Å². The molecule has 0 unspecified atom stereocenters. The summed E-state index contributed by atoms with van der Waals surface area (Å²) in [5, 5.41) is 0. The maximum atomic E-state index is 5.25. The maximum Gasteiger partial charge on any atom is 0.165 e. The molecule has 1 heterocycles. The summed E-state index contributed by atoms with van der Waals surface area (Å²) in [5.74, 6) is 7.03. The van der Waals surface area contributed by atoms with Gasteiger partial charge in [-0.1, -0.05) is 61.4 Å². The van der Waals surface area contributed by atoms with Crippen LogP contribution in [-0.2, 0) is 4.74 Å². The van der Waals surface area contributed by atoms with Crippen molar-refractivity contribution in [1.82, 2.24) is 0 Å². The quantitative estimate of drug-likeness (QED) is 0.342. The van der Waals surface area contributed by atoms with Crippen molar-refractivity contribution >= 4 is 23.0 Å². The van der Waals surface area contributed by atoms with Gasteiger partial charge in [-0.3, -0.25) is 0 Å². The highest BCUT2D eigenvalue weighted by Gasteiger charge is 2.15. The number of rotatable bonds is 2. The Hall–Kier alpha value is -2.76. The van der Waals surface area contributed by atoms with Gasteiger partial charge < -0.3 is 4.74 Å². The summed E-state index contributed by atoms with van der Waals surface area (Å²) < 4.78 is 5.25. The zero-order chi connectivity index (χ0) is 22.8. The van der Waals surface area contributed by atoms with Crippen molar-refractivity contribution in [3.8, 4) is 11.8 Å². The minimum atomic E-state index is 0.693. The van der Waals surface area contributed by atoms with Crippen molar-refractivity contribution in [1.29, 1.82) is 0 Å². The van der Waals surface area contributed by atoms with Crippen LogP contribution in [0.15, 0.2) is 65.5 Å². The molecule has 0 bridgehead atoms. The number of thiophene rings is 1. The van der Waals surface area contributed by atoms with Crippen LogP contribution in [0.4, 0.5) is 0 Å². The molecule has 0 N–H and O–H groups in total. The van der Waals surface area contributed by atoms with Crippen LogP contribution in [0, 0.1) is 18.8 Å². The van der Waals surface area contributed by atoms with Gasteiger partial charge in [-0.2, -0.15) is 0 Å². The monoisotopic (exact) mass is 430 g/mol. The lowest BCUT2D eigenvalue weighted by Crippen LogP contribution is -1.95. The average Bonchev–Trinajstić information content (AvgIpc) is 3.23. The standard InChI is InChI=1S/C27H28OS.C2H6/c1-6-23(28-5)13-14-24-15-16-26(29-24)27-21(4)10-8-7-9-19(2)17-22-12-11-20(3)18-25(22)27;1-2/h6,8,10-12,15-18H,7,9H2,1-5H3;1-2H3/b10-8-,19-17+,23-6-,27-21-;. The number of hydrogen-bond donors (Lipinski definition) is 0. The van der Waals surface area contributed by atoms with E-state index in [0.29, 0.717) is 5.76 Å². The Morgan fingerprint density at radius 1 is 1.10 bits per heavy atom. The van der Waals surface area contributed by atoms with Crippen LogP contribution in [0.25, 0.3) is 11.6 Å². The molecule has 0 fully saturated rings. The molecular weight excluding hydrogens is 396 g/mol. The largest absolute Gasteiger partial charge is 0.489 e. The topological polar surface area (TPSA) is 9.23 Å². The third kappa shape index (κ3) is 6.61. The molecule has 1 aliphatic rings. The van der Waals surface area contributed by atoms with E-state index in [2.05, 4.69) is 81.2 Å². The fraction of sp³-hybridized carbons (Fsp3) is 0.310. The van der Waals surface area contributed by atoms with Crippen molar-refractivity contribution in [2.45, 2.75) is 54.4 Å². The van der Waals surface area contributed by atoms with Crippen LogP contribution < -0.4 is 0 Å². The van der Waals surface area contributed by atoms with Crippen LogP contribution >= 0.6 is 11.3 Å². The minimum Gasteiger partial charge on any atom is -0.489 e. The Morgan fingerprint density at radius 3 is 2.58 bits per heavy atom. The third-order valence-electron chi connectivity index (χ3n) is 4.99. The van der Waals surface area contributed by atoms with Crippen LogP contribution in [0.1, 0.15) is 73.9 Å². The van der Waals surface area contributed by atoms with E-state index >= 15 is 0 Å². The summed E-state index contributed by atoms with van der Waals surface area (Å²) in [4.78, 5) is 2.29. The molecule has 1 aromatic heterocycles.